The minimum Gasteiger partial charge on any atom is -0.370 e. The van der Waals surface area contributed by atoms with Gasteiger partial charge in [-0.2, -0.15) is 0 Å². The first kappa shape index (κ1) is 10.6. The number of hydrogen-bond donors (Lipinski definition) is 2. The van der Waals surface area contributed by atoms with Gasteiger partial charge in [0.25, 0.3) is 0 Å². The average molecular weight is 191 g/mol. The summed E-state index contributed by atoms with van der Waals surface area (Å²) in [5.74, 6) is 0.595. The Bertz CT molecular complexity index is 350. The predicted molar refractivity (Wildman–Crippen MR) is 60.7 cm³/mol. The van der Waals surface area contributed by atoms with Crippen LogP contribution in [0.15, 0.2) is 23.2 Å². The monoisotopic (exact) mass is 191 g/mol. The fraction of sp³-hybridized carbons (Fsp3) is 0.364. The van der Waals surface area contributed by atoms with Crippen LogP contribution < -0.4 is 11.5 Å². The molecule has 0 saturated carbocycles. The van der Waals surface area contributed by atoms with Gasteiger partial charge in [-0.05, 0) is 30.0 Å². The third kappa shape index (κ3) is 2.49. The van der Waals surface area contributed by atoms with Crippen LogP contribution in [-0.4, -0.2) is 5.96 Å². The fourth-order valence-corrected chi connectivity index (χ4v) is 1.25. The van der Waals surface area contributed by atoms with Gasteiger partial charge in [0.05, 0.1) is 5.69 Å². The van der Waals surface area contributed by atoms with E-state index in [1.807, 2.05) is 19.1 Å². The highest BCUT2D eigenvalue weighted by Crippen LogP contribution is 2.24. The molecule has 0 aromatic heterocycles. The van der Waals surface area contributed by atoms with Crippen LogP contribution in [0.3, 0.4) is 0 Å². The van der Waals surface area contributed by atoms with Crippen molar-refractivity contribution in [3.8, 4) is 0 Å². The van der Waals surface area contributed by atoms with Gasteiger partial charge >= 0.3 is 0 Å². The molecule has 14 heavy (non-hydrogen) atoms. The normalized spacial score (nSPS) is 10.3. The summed E-state index contributed by atoms with van der Waals surface area (Å²) in [5, 5.41) is 0. The molecule has 0 radical (unpaired) electrons. The maximum atomic E-state index is 5.35. The zero-order valence-corrected chi connectivity index (χ0v) is 8.91. The van der Waals surface area contributed by atoms with E-state index >= 15 is 0 Å². The molecule has 76 valence electrons. The smallest absolute Gasteiger partial charge is 0.191 e. The van der Waals surface area contributed by atoms with Gasteiger partial charge in [-0.15, -0.1) is 0 Å². The summed E-state index contributed by atoms with van der Waals surface area (Å²) >= 11 is 0. The number of aliphatic imine (C=N–C) groups is 1. The fourth-order valence-electron chi connectivity index (χ4n) is 1.25. The van der Waals surface area contributed by atoms with Gasteiger partial charge in [-0.1, -0.05) is 26.0 Å². The van der Waals surface area contributed by atoms with E-state index in [2.05, 4.69) is 24.9 Å². The van der Waals surface area contributed by atoms with Gasteiger partial charge in [0.1, 0.15) is 0 Å². The lowest BCUT2D eigenvalue weighted by molar-refractivity contribution is 0.866. The van der Waals surface area contributed by atoms with E-state index in [9.17, 15) is 0 Å². The molecule has 1 rings (SSSR count). The Morgan fingerprint density at radius 1 is 1.29 bits per heavy atom. The van der Waals surface area contributed by atoms with E-state index < -0.39 is 0 Å². The summed E-state index contributed by atoms with van der Waals surface area (Å²) in [4.78, 5) is 4.07. The number of hydrogen-bond acceptors (Lipinski definition) is 1. The highest BCUT2D eigenvalue weighted by atomic mass is 15.0. The SMILES string of the molecule is Cc1ccc(C(C)C)cc1N=C(N)N. The van der Waals surface area contributed by atoms with Crippen molar-refractivity contribution in [2.45, 2.75) is 26.7 Å². The molecule has 0 aliphatic carbocycles. The van der Waals surface area contributed by atoms with Gasteiger partial charge in [-0.3, -0.25) is 0 Å². The molecule has 0 fully saturated rings. The standard InChI is InChI=1S/C11H17N3/c1-7(2)9-5-4-8(3)10(6-9)14-11(12)13/h4-7H,1-3H3,(H4,12,13,14). The summed E-state index contributed by atoms with van der Waals surface area (Å²) in [5.41, 5.74) is 13.9. The van der Waals surface area contributed by atoms with E-state index in [0.29, 0.717) is 5.92 Å². The topological polar surface area (TPSA) is 64.4 Å². The first-order chi connectivity index (χ1) is 6.50. The van der Waals surface area contributed by atoms with Gasteiger partial charge in [0.15, 0.2) is 5.96 Å². The van der Waals surface area contributed by atoms with Gasteiger partial charge in [0, 0.05) is 0 Å². The third-order valence-corrected chi connectivity index (χ3v) is 2.15. The minimum atomic E-state index is 0.106. The molecule has 0 amide bonds. The number of aryl methyl sites for hydroxylation is 1. The summed E-state index contributed by atoms with van der Waals surface area (Å²) in [7, 11) is 0. The van der Waals surface area contributed by atoms with E-state index in [1.54, 1.807) is 0 Å². The Kier molecular flexibility index (Phi) is 3.12. The second kappa shape index (κ2) is 4.13. The Morgan fingerprint density at radius 2 is 1.93 bits per heavy atom. The molecular formula is C11H17N3. The zero-order valence-electron chi connectivity index (χ0n) is 8.91. The van der Waals surface area contributed by atoms with Crippen LogP contribution in [0.2, 0.25) is 0 Å². The lowest BCUT2D eigenvalue weighted by Gasteiger charge is -2.08. The summed E-state index contributed by atoms with van der Waals surface area (Å²) < 4.78 is 0. The molecule has 0 aliphatic rings. The molecule has 0 atom stereocenters. The molecule has 0 saturated heterocycles. The number of nitrogens with two attached hydrogens (primary N) is 2. The largest absolute Gasteiger partial charge is 0.370 e. The van der Waals surface area contributed by atoms with Crippen LogP contribution in [0.4, 0.5) is 5.69 Å². The van der Waals surface area contributed by atoms with Gasteiger partial charge in [0.2, 0.25) is 0 Å². The molecule has 4 N–H and O–H groups in total. The molecule has 0 heterocycles. The molecule has 1 aromatic rings. The van der Waals surface area contributed by atoms with Crippen molar-refractivity contribution in [3.63, 3.8) is 0 Å². The zero-order chi connectivity index (χ0) is 10.7. The number of guanidine groups is 1. The minimum absolute atomic E-state index is 0.106. The van der Waals surface area contributed by atoms with Gasteiger partial charge in [-0.25, -0.2) is 4.99 Å². The summed E-state index contributed by atoms with van der Waals surface area (Å²) in [6.45, 7) is 6.28. The first-order valence-corrected chi connectivity index (χ1v) is 4.71. The average Bonchev–Trinajstić information content (AvgIpc) is 2.07. The van der Waals surface area contributed by atoms with Crippen molar-refractivity contribution in [2.75, 3.05) is 0 Å². The van der Waals surface area contributed by atoms with Crippen LogP contribution >= 0.6 is 0 Å². The van der Waals surface area contributed by atoms with Crippen LogP contribution in [0.5, 0.6) is 0 Å². The molecule has 3 heteroatoms. The molecule has 3 nitrogen and oxygen atoms in total. The van der Waals surface area contributed by atoms with Gasteiger partial charge < -0.3 is 11.5 Å². The van der Waals surface area contributed by atoms with Crippen molar-refractivity contribution < 1.29 is 0 Å². The molecule has 0 bridgehead atoms. The lowest BCUT2D eigenvalue weighted by atomic mass is 10.0. The molecular weight excluding hydrogens is 174 g/mol. The maximum Gasteiger partial charge on any atom is 0.191 e. The van der Waals surface area contributed by atoms with Crippen molar-refractivity contribution in [2.24, 2.45) is 16.5 Å². The van der Waals surface area contributed by atoms with E-state index in [0.717, 1.165) is 11.3 Å². The van der Waals surface area contributed by atoms with Crippen molar-refractivity contribution >= 4 is 11.6 Å². The Morgan fingerprint density at radius 3 is 2.43 bits per heavy atom. The molecule has 0 unspecified atom stereocenters. The lowest BCUT2D eigenvalue weighted by Crippen LogP contribution is -2.22. The third-order valence-electron chi connectivity index (χ3n) is 2.15. The first-order valence-electron chi connectivity index (χ1n) is 4.71. The van der Waals surface area contributed by atoms with Crippen molar-refractivity contribution in [1.82, 2.24) is 0 Å². The van der Waals surface area contributed by atoms with Crippen LogP contribution in [0, 0.1) is 6.92 Å². The maximum absolute atomic E-state index is 5.35. The van der Waals surface area contributed by atoms with Crippen LogP contribution in [-0.2, 0) is 0 Å². The summed E-state index contributed by atoms with van der Waals surface area (Å²) in [6, 6.07) is 6.17. The van der Waals surface area contributed by atoms with Crippen molar-refractivity contribution in [1.29, 1.82) is 0 Å². The number of rotatable bonds is 2. The second-order valence-electron chi connectivity index (χ2n) is 3.74. The Balaban J connectivity index is 3.15. The van der Waals surface area contributed by atoms with E-state index in [-0.39, 0.29) is 5.96 Å². The Hall–Kier alpha value is -1.51. The number of benzene rings is 1. The molecule has 0 aliphatic heterocycles. The van der Waals surface area contributed by atoms with E-state index in [4.69, 9.17) is 11.5 Å². The quantitative estimate of drug-likeness (QED) is 0.555. The Labute approximate surface area is 84.8 Å². The second-order valence-corrected chi connectivity index (χ2v) is 3.74. The van der Waals surface area contributed by atoms with Crippen LogP contribution in [0.1, 0.15) is 30.9 Å². The molecule has 1 aromatic carbocycles. The predicted octanol–water partition coefficient (Wildman–Crippen LogP) is 2.02. The highest BCUT2D eigenvalue weighted by molar-refractivity contribution is 5.79. The van der Waals surface area contributed by atoms with Crippen molar-refractivity contribution in [3.05, 3.63) is 29.3 Å². The van der Waals surface area contributed by atoms with E-state index in [1.165, 1.54) is 5.56 Å². The highest BCUT2D eigenvalue weighted by Gasteiger charge is 2.02. The molecule has 0 spiro atoms. The van der Waals surface area contributed by atoms with Crippen LogP contribution in [0.25, 0.3) is 0 Å². The summed E-state index contributed by atoms with van der Waals surface area (Å²) in [6.07, 6.45) is 0. The number of nitrogens with zero attached hydrogens (tertiary/aromatic N) is 1.